The van der Waals surface area contributed by atoms with Crippen LogP contribution in [-0.2, 0) is 0 Å². The molecule has 1 saturated heterocycles. The van der Waals surface area contributed by atoms with Crippen LogP contribution >= 0.6 is 0 Å². The van der Waals surface area contributed by atoms with Crippen molar-refractivity contribution in [3.8, 4) is 0 Å². The largest absolute Gasteiger partial charge is 0.307 e. The molecule has 2 fully saturated rings. The summed E-state index contributed by atoms with van der Waals surface area (Å²) < 4.78 is 0. The zero-order valence-corrected chi connectivity index (χ0v) is 12.9. The predicted octanol–water partition coefficient (Wildman–Crippen LogP) is 3.60. The van der Waals surface area contributed by atoms with Crippen LogP contribution in [0.1, 0.15) is 51.1 Å². The van der Waals surface area contributed by atoms with E-state index < -0.39 is 0 Å². The molecule has 2 aliphatic rings. The van der Waals surface area contributed by atoms with Gasteiger partial charge < -0.3 is 10.2 Å². The first-order valence-corrected chi connectivity index (χ1v) is 8.29. The highest BCUT2D eigenvalue weighted by Gasteiger charge is 2.34. The molecule has 0 radical (unpaired) electrons. The van der Waals surface area contributed by atoms with E-state index >= 15 is 0 Å². The van der Waals surface area contributed by atoms with Crippen molar-refractivity contribution in [3.63, 3.8) is 0 Å². The number of nitrogens with zero attached hydrogens (tertiary/aromatic N) is 1. The quantitative estimate of drug-likeness (QED) is 0.881. The van der Waals surface area contributed by atoms with Crippen LogP contribution in [0.4, 0.5) is 0 Å². The third-order valence-electron chi connectivity index (χ3n) is 4.93. The fourth-order valence-electron chi connectivity index (χ4n) is 3.43. The number of hydrogen-bond donors (Lipinski definition) is 1. The molecular formula is C18H28N2. The molecule has 110 valence electrons. The second-order valence-electron chi connectivity index (χ2n) is 6.80. The van der Waals surface area contributed by atoms with Gasteiger partial charge in [-0.2, -0.15) is 0 Å². The molecule has 1 aromatic rings. The normalized spacial score (nSPS) is 23.1. The Bertz CT molecular complexity index is 403. The van der Waals surface area contributed by atoms with Crippen LogP contribution in [0.2, 0.25) is 0 Å². The van der Waals surface area contributed by atoms with E-state index in [1.807, 2.05) is 0 Å². The SMILES string of the molecule is CC(C)N1CCC(NC(c2ccccc2)C2CC2)CC1. The van der Waals surface area contributed by atoms with Crippen molar-refractivity contribution < 1.29 is 0 Å². The summed E-state index contributed by atoms with van der Waals surface area (Å²) in [4.78, 5) is 2.60. The lowest BCUT2D eigenvalue weighted by Crippen LogP contribution is -2.46. The van der Waals surface area contributed by atoms with Gasteiger partial charge >= 0.3 is 0 Å². The van der Waals surface area contributed by atoms with E-state index in [1.165, 1.54) is 44.3 Å². The van der Waals surface area contributed by atoms with Crippen molar-refractivity contribution >= 4 is 0 Å². The Morgan fingerprint density at radius 1 is 1.00 bits per heavy atom. The molecule has 1 aliphatic carbocycles. The smallest absolute Gasteiger partial charge is 0.0351 e. The van der Waals surface area contributed by atoms with E-state index in [2.05, 4.69) is 54.4 Å². The maximum Gasteiger partial charge on any atom is 0.0351 e. The Balaban J connectivity index is 1.58. The number of rotatable bonds is 5. The monoisotopic (exact) mass is 272 g/mol. The van der Waals surface area contributed by atoms with Gasteiger partial charge in [0.15, 0.2) is 0 Å². The van der Waals surface area contributed by atoms with E-state index in [0.717, 1.165) is 5.92 Å². The van der Waals surface area contributed by atoms with E-state index in [1.54, 1.807) is 0 Å². The van der Waals surface area contributed by atoms with Crippen molar-refractivity contribution in [1.82, 2.24) is 10.2 Å². The highest BCUT2D eigenvalue weighted by Crippen LogP contribution is 2.41. The Kier molecular flexibility index (Phi) is 4.42. The van der Waals surface area contributed by atoms with Crippen LogP contribution in [0.15, 0.2) is 30.3 Å². The second-order valence-corrected chi connectivity index (χ2v) is 6.80. The van der Waals surface area contributed by atoms with Gasteiger partial charge in [0, 0.05) is 18.1 Å². The van der Waals surface area contributed by atoms with Crippen LogP contribution in [0, 0.1) is 5.92 Å². The summed E-state index contributed by atoms with van der Waals surface area (Å²) >= 11 is 0. The fraction of sp³-hybridized carbons (Fsp3) is 0.667. The number of likely N-dealkylation sites (tertiary alicyclic amines) is 1. The molecule has 0 spiro atoms. The molecular weight excluding hydrogens is 244 g/mol. The molecule has 3 rings (SSSR count). The van der Waals surface area contributed by atoms with Crippen LogP contribution in [-0.4, -0.2) is 30.1 Å². The Morgan fingerprint density at radius 3 is 2.20 bits per heavy atom. The van der Waals surface area contributed by atoms with E-state index in [9.17, 15) is 0 Å². The summed E-state index contributed by atoms with van der Waals surface area (Å²) in [6.45, 7) is 7.12. The first kappa shape index (κ1) is 14.1. The van der Waals surface area contributed by atoms with Gasteiger partial charge in [0.2, 0.25) is 0 Å². The molecule has 0 amide bonds. The second kappa shape index (κ2) is 6.28. The average molecular weight is 272 g/mol. The number of hydrogen-bond acceptors (Lipinski definition) is 2. The highest BCUT2D eigenvalue weighted by atomic mass is 15.2. The van der Waals surface area contributed by atoms with Gasteiger partial charge in [0.1, 0.15) is 0 Å². The van der Waals surface area contributed by atoms with Crippen molar-refractivity contribution in [3.05, 3.63) is 35.9 Å². The average Bonchev–Trinajstić information content (AvgIpc) is 3.31. The first-order chi connectivity index (χ1) is 9.74. The van der Waals surface area contributed by atoms with E-state index in [4.69, 9.17) is 0 Å². The van der Waals surface area contributed by atoms with E-state index in [0.29, 0.717) is 18.1 Å². The first-order valence-electron chi connectivity index (χ1n) is 8.29. The maximum absolute atomic E-state index is 3.97. The number of piperidine rings is 1. The summed E-state index contributed by atoms with van der Waals surface area (Å²) in [5, 5.41) is 3.97. The highest BCUT2D eigenvalue weighted by molar-refractivity contribution is 5.21. The molecule has 2 nitrogen and oxygen atoms in total. The molecule has 0 bridgehead atoms. The molecule has 1 saturated carbocycles. The van der Waals surface area contributed by atoms with Crippen LogP contribution in [0.5, 0.6) is 0 Å². The van der Waals surface area contributed by atoms with Gasteiger partial charge in [0.25, 0.3) is 0 Å². The molecule has 1 heterocycles. The van der Waals surface area contributed by atoms with Gasteiger partial charge in [-0.3, -0.25) is 0 Å². The summed E-state index contributed by atoms with van der Waals surface area (Å²) in [5.74, 6) is 0.875. The topological polar surface area (TPSA) is 15.3 Å². The molecule has 0 aromatic heterocycles. The zero-order valence-electron chi connectivity index (χ0n) is 12.9. The predicted molar refractivity (Wildman–Crippen MR) is 84.8 cm³/mol. The lowest BCUT2D eigenvalue weighted by atomic mass is 9.97. The minimum Gasteiger partial charge on any atom is -0.307 e. The summed E-state index contributed by atoms with van der Waals surface area (Å²) in [6, 6.07) is 13.0. The Hall–Kier alpha value is -0.860. The minimum atomic E-state index is 0.590. The third kappa shape index (κ3) is 3.42. The van der Waals surface area contributed by atoms with Crippen molar-refractivity contribution in [2.24, 2.45) is 5.92 Å². The van der Waals surface area contributed by atoms with Crippen LogP contribution in [0.3, 0.4) is 0 Å². The number of benzene rings is 1. The Labute approximate surface area is 123 Å². The minimum absolute atomic E-state index is 0.590. The van der Waals surface area contributed by atoms with Gasteiger partial charge in [-0.1, -0.05) is 30.3 Å². The van der Waals surface area contributed by atoms with Crippen molar-refractivity contribution in [2.75, 3.05) is 13.1 Å². The zero-order chi connectivity index (χ0) is 13.9. The van der Waals surface area contributed by atoms with Gasteiger partial charge in [-0.05, 0) is 64.1 Å². The maximum atomic E-state index is 3.97. The molecule has 20 heavy (non-hydrogen) atoms. The Morgan fingerprint density at radius 2 is 1.65 bits per heavy atom. The number of nitrogens with one attached hydrogen (secondary N) is 1. The summed E-state index contributed by atoms with van der Waals surface area (Å²) in [6.07, 6.45) is 5.40. The van der Waals surface area contributed by atoms with Crippen LogP contribution in [0.25, 0.3) is 0 Å². The van der Waals surface area contributed by atoms with Gasteiger partial charge in [-0.25, -0.2) is 0 Å². The van der Waals surface area contributed by atoms with Crippen molar-refractivity contribution in [1.29, 1.82) is 0 Å². The lowest BCUT2D eigenvalue weighted by Gasteiger charge is -2.36. The molecule has 2 heteroatoms. The molecule has 1 unspecified atom stereocenters. The lowest BCUT2D eigenvalue weighted by molar-refractivity contribution is 0.154. The van der Waals surface area contributed by atoms with Crippen LogP contribution < -0.4 is 5.32 Å². The molecule has 1 aliphatic heterocycles. The molecule has 1 atom stereocenters. The fourth-order valence-corrected chi connectivity index (χ4v) is 3.43. The van der Waals surface area contributed by atoms with Gasteiger partial charge in [0.05, 0.1) is 0 Å². The summed E-state index contributed by atoms with van der Waals surface area (Å²) in [7, 11) is 0. The standard InChI is InChI=1S/C18H28N2/c1-14(2)20-12-10-17(11-13-20)19-18(16-8-9-16)15-6-4-3-5-7-15/h3-7,14,16-19H,8-13H2,1-2H3. The summed E-state index contributed by atoms with van der Waals surface area (Å²) in [5.41, 5.74) is 1.49. The molecule has 1 aromatic carbocycles. The van der Waals surface area contributed by atoms with E-state index in [-0.39, 0.29) is 0 Å². The van der Waals surface area contributed by atoms with Gasteiger partial charge in [-0.15, -0.1) is 0 Å². The third-order valence-corrected chi connectivity index (χ3v) is 4.93. The molecule has 1 N–H and O–H groups in total. The van der Waals surface area contributed by atoms with Crippen molar-refractivity contribution in [2.45, 2.75) is 57.7 Å².